The first-order valence-corrected chi connectivity index (χ1v) is 8.77. The zero-order valence-corrected chi connectivity index (χ0v) is 10.3. The molecular formula is C11H20O2Si. The molecule has 0 bridgehead atoms. The lowest BCUT2D eigenvalue weighted by Crippen LogP contribution is -2.17. The van der Waals surface area contributed by atoms with E-state index in [0.29, 0.717) is 0 Å². The average Bonchev–Trinajstić information content (AvgIpc) is 2.50. The molecule has 1 aliphatic rings. The lowest BCUT2D eigenvalue weighted by Gasteiger charge is -2.09. The van der Waals surface area contributed by atoms with Crippen LogP contribution in [0.1, 0.15) is 19.3 Å². The van der Waals surface area contributed by atoms with Crippen LogP contribution in [-0.4, -0.2) is 32.0 Å². The molecule has 0 unspecified atom stereocenters. The van der Waals surface area contributed by atoms with Gasteiger partial charge < -0.3 is 9.84 Å². The zero-order valence-electron chi connectivity index (χ0n) is 9.34. The molecule has 0 radical (unpaired) electrons. The summed E-state index contributed by atoms with van der Waals surface area (Å²) in [6, 6.07) is 0. The highest BCUT2D eigenvalue weighted by atomic mass is 28.3. The quantitative estimate of drug-likeness (QED) is 0.558. The molecule has 14 heavy (non-hydrogen) atoms. The summed E-state index contributed by atoms with van der Waals surface area (Å²) in [5.41, 5.74) is 3.33. The van der Waals surface area contributed by atoms with E-state index in [1.807, 2.05) is 0 Å². The van der Waals surface area contributed by atoms with Gasteiger partial charge in [-0.1, -0.05) is 19.6 Å². The highest BCUT2D eigenvalue weighted by Gasteiger charge is 2.23. The number of aliphatic hydroxyl groups is 1. The molecule has 0 amide bonds. The molecule has 0 spiro atoms. The second-order valence-corrected chi connectivity index (χ2v) is 9.65. The highest BCUT2D eigenvalue weighted by molar-refractivity contribution is 6.83. The smallest absolute Gasteiger partial charge is 0.129 e. The van der Waals surface area contributed by atoms with Crippen molar-refractivity contribution in [2.45, 2.75) is 51.1 Å². The van der Waals surface area contributed by atoms with Gasteiger partial charge in [0.2, 0.25) is 0 Å². The van der Waals surface area contributed by atoms with Crippen LogP contribution in [0.25, 0.3) is 0 Å². The van der Waals surface area contributed by atoms with Crippen LogP contribution < -0.4 is 0 Å². The predicted octanol–water partition coefficient (Wildman–Crippen LogP) is 1.80. The van der Waals surface area contributed by atoms with Crippen LogP contribution in [0.3, 0.4) is 0 Å². The molecule has 1 aliphatic heterocycles. The van der Waals surface area contributed by atoms with E-state index in [0.717, 1.165) is 19.3 Å². The molecule has 1 fully saturated rings. The van der Waals surface area contributed by atoms with Gasteiger partial charge in [-0.3, -0.25) is 0 Å². The maximum atomic E-state index is 8.88. The molecule has 3 heteroatoms. The fourth-order valence-electron chi connectivity index (χ4n) is 1.49. The lowest BCUT2D eigenvalue weighted by atomic mass is 10.1. The minimum absolute atomic E-state index is 0.0636. The Kier molecular flexibility index (Phi) is 4.18. The molecule has 1 N–H and O–H groups in total. The number of ether oxygens (including phenoxy) is 1. The summed E-state index contributed by atoms with van der Waals surface area (Å²) >= 11 is 0. The van der Waals surface area contributed by atoms with Gasteiger partial charge in [-0.25, -0.2) is 0 Å². The maximum Gasteiger partial charge on any atom is 0.129 e. The molecule has 0 aromatic rings. The molecule has 2 atom stereocenters. The van der Waals surface area contributed by atoms with E-state index >= 15 is 0 Å². The number of aliphatic hydroxyl groups excluding tert-OH is 1. The fraction of sp³-hybridized carbons (Fsp3) is 0.818. The van der Waals surface area contributed by atoms with E-state index in [9.17, 15) is 0 Å². The third-order valence-electron chi connectivity index (χ3n) is 2.19. The van der Waals surface area contributed by atoms with Gasteiger partial charge in [0.05, 0.1) is 18.8 Å². The largest absolute Gasteiger partial charge is 0.394 e. The van der Waals surface area contributed by atoms with Gasteiger partial charge in [-0.15, -0.1) is 11.5 Å². The lowest BCUT2D eigenvalue weighted by molar-refractivity contribution is 0.0142. The third kappa shape index (κ3) is 4.27. The molecule has 0 aliphatic carbocycles. The Balaban J connectivity index is 2.29. The van der Waals surface area contributed by atoms with Gasteiger partial charge in [0.15, 0.2) is 0 Å². The second-order valence-electron chi connectivity index (χ2n) is 4.90. The number of hydrogen-bond acceptors (Lipinski definition) is 2. The highest BCUT2D eigenvalue weighted by Crippen LogP contribution is 2.21. The molecule has 0 aromatic carbocycles. The van der Waals surface area contributed by atoms with Crippen LogP contribution in [0.15, 0.2) is 0 Å². The van der Waals surface area contributed by atoms with Gasteiger partial charge in [-0.05, 0) is 12.8 Å². The van der Waals surface area contributed by atoms with E-state index in [1.165, 1.54) is 0 Å². The minimum atomic E-state index is -1.22. The van der Waals surface area contributed by atoms with Crippen LogP contribution in [0.5, 0.6) is 0 Å². The van der Waals surface area contributed by atoms with Crippen molar-refractivity contribution in [1.82, 2.24) is 0 Å². The maximum absolute atomic E-state index is 8.88. The van der Waals surface area contributed by atoms with Crippen LogP contribution >= 0.6 is 0 Å². The molecule has 1 heterocycles. The standard InChI is InChI=1S/C11H20O2Si/c1-14(2,3)8-4-5-10-6-7-11(9-12)13-10/h10-12H,5-7,9H2,1-3H3/t10-,11+/m0/s1. The number of rotatable bonds is 2. The zero-order chi connectivity index (χ0) is 10.6. The Morgan fingerprint density at radius 1 is 1.29 bits per heavy atom. The first-order chi connectivity index (χ1) is 6.51. The van der Waals surface area contributed by atoms with Gasteiger partial charge in [-0.2, -0.15) is 0 Å². The fourth-order valence-corrected chi connectivity index (χ4v) is 2.13. The van der Waals surface area contributed by atoms with E-state index < -0.39 is 8.07 Å². The summed E-state index contributed by atoms with van der Waals surface area (Å²) in [5, 5.41) is 8.88. The Bertz CT molecular complexity index is 234. The van der Waals surface area contributed by atoms with Gasteiger partial charge in [0.25, 0.3) is 0 Å². The molecule has 0 saturated carbocycles. The molecule has 0 aromatic heterocycles. The van der Waals surface area contributed by atoms with Crippen molar-refractivity contribution in [3.8, 4) is 11.5 Å². The molecule has 2 nitrogen and oxygen atoms in total. The van der Waals surface area contributed by atoms with Crippen molar-refractivity contribution in [3.05, 3.63) is 0 Å². The summed E-state index contributed by atoms with van der Waals surface area (Å²) in [5.74, 6) is 3.22. The summed E-state index contributed by atoms with van der Waals surface area (Å²) < 4.78 is 5.59. The summed E-state index contributed by atoms with van der Waals surface area (Å²) in [7, 11) is -1.22. The van der Waals surface area contributed by atoms with Gasteiger partial charge in [0.1, 0.15) is 8.07 Å². The van der Waals surface area contributed by atoms with Crippen molar-refractivity contribution in [1.29, 1.82) is 0 Å². The summed E-state index contributed by atoms with van der Waals surface area (Å²) in [6.07, 6.45) is 3.19. The topological polar surface area (TPSA) is 29.5 Å². The second kappa shape index (κ2) is 4.97. The average molecular weight is 212 g/mol. The van der Waals surface area contributed by atoms with Crippen molar-refractivity contribution in [2.24, 2.45) is 0 Å². The first kappa shape index (κ1) is 11.8. The Morgan fingerprint density at radius 2 is 1.93 bits per heavy atom. The van der Waals surface area contributed by atoms with Crippen molar-refractivity contribution >= 4 is 8.07 Å². The third-order valence-corrected chi connectivity index (χ3v) is 3.12. The Hall–Kier alpha value is -0.303. The van der Waals surface area contributed by atoms with E-state index in [-0.39, 0.29) is 18.8 Å². The van der Waals surface area contributed by atoms with E-state index in [4.69, 9.17) is 9.84 Å². The molecule has 1 saturated heterocycles. The Labute approximate surface area is 87.7 Å². The van der Waals surface area contributed by atoms with Crippen LogP contribution in [-0.2, 0) is 4.74 Å². The van der Waals surface area contributed by atoms with E-state index in [1.54, 1.807) is 0 Å². The number of hydrogen-bond donors (Lipinski definition) is 1. The van der Waals surface area contributed by atoms with Crippen LogP contribution in [0, 0.1) is 11.5 Å². The van der Waals surface area contributed by atoms with Crippen molar-refractivity contribution < 1.29 is 9.84 Å². The van der Waals surface area contributed by atoms with Crippen LogP contribution in [0.2, 0.25) is 19.6 Å². The van der Waals surface area contributed by atoms with Crippen molar-refractivity contribution in [3.63, 3.8) is 0 Å². The predicted molar refractivity (Wildman–Crippen MR) is 60.7 cm³/mol. The van der Waals surface area contributed by atoms with Crippen LogP contribution in [0.4, 0.5) is 0 Å². The summed E-state index contributed by atoms with van der Waals surface area (Å²) in [6.45, 7) is 6.88. The molecular weight excluding hydrogens is 192 g/mol. The van der Waals surface area contributed by atoms with Crippen molar-refractivity contribution in [2.75, 3.05) is 6.61 Å². The summed E-state index contributed by atoms with van der Waals surface area (Å²) in [4.78, 5) is 0. The molecule has 80 valence electrons. The first-order valence-electron chi connectivity index (χ1n) is 5.27. The monoisotopic (exact) mass is 212 g/mol. The van der Waals surface area contributed by atoms with Gasteiger partial charge in [0, 0.05) is 6.42 Å². The molecule has 1 rings (SSSR count). The Morgan fingerprint density at radius 3 is 2.43 bits per heavy atom. The normalized spacial score (nSPS) is 27.1. The SMILES string of the molecule is C[Si](C)(C)C#CC[C@H]1CC[C@H](CO)O1. The minimum Gasteiger partial charge on any atom is -0.394 e. The van der Waals surface area contributed by atoms with Gasteiger partial charge >= 0.3 is 0 Å². The van der Waals surface area contributed by atoms with E-state index in [2.05, 4.69) is 31.1 Å².